The Balaban J connectivity index is 1.73. The monoisotopic (exact) mass is 388 g/mol. The van der Waals surface area contributed by atoms with E-state index >= 15 is 0 Å². The number of aromatic nitrogens is 2. The predicted molar refractivity (Wildman–Crippen MR) is 93.5 cm³/mol. The summed E-state index contributed by atoms with van der Waals surface area (Å²) in [5, 5.41) is 8.15. The van der Waals surface area contributed by atoms with Crippen LogP contribution in [0, 0.1) is 0 Å². The quantitative estimate of drug-likeness (QED) is 0.461. The molecule has 0 bridgehead atoms. The van der Waals surface area contributed by atoms with Crippen LogP contribution in [0.3, 0.4) is 0 Å². The molecular formula is C17H13BrN2O2S. The molecule has 0 aliphatic carbocycles. The van der Waals surface area contributed by atoms with E-state index < -0.39 is 0 Å². The third-order valence-electron chi connectivity index (χ3n) is 3.18. The van der Waals surface area contributed by atoms with Crippen LogP contribution in [-0.4, -0.2) is 21.2 Å². The molecule has 0 aliphatic rings. The molecule has 23 heavy (non-hydrogen) atoms. The number of nitrogens with zero attached hydrogens (tertiary/aromatic N) is 2. The molecule has 0 N–H and O–H groups in total. The van der Waals surface area contributed by atoms with Crippen LogP contribution in [0.1, 0.15) is 17.3 Å². The normalized spacial score (nSPS) is 12.1. The van der Waals surface area contributed by atoms with Crippen LogP contribution in [0.2, 0.25) is 0 Å². The van der Waals surface area contributed by atoms with E-state index in [0.29, 0.717) is 16.7 Å². The van der Waals surface area contributed by atoms with Gasteiger partial charge in [-0.1, -0.05) is 64.1 Å². The second-order valence-electron chi connectivity index (χ2n) is 4.87. The number of benzene rings is 2. The summed E-state index contributed by atoms with van der Waals surface area (Å²) in [5.74, 6) is 0.478. The van der Waals surface area contributed by atoms with Crippen LogP contribution in [0.4, 0.5) is 0 Å². The van der Waals surface area contributed by atoms with Crippen molar-refractivity contribution in [2.75, 3.05) is 0 Å². The van der Waals surface area contributed by atoms with Crippen molar-refractivity contribution in [1.82, 2.24) is 10.2 Å². The average Bonchev–Trinajstić information content (AvgIpc) is 3.03. The van der Waals surface area contributed by atoms with Gasteiger partial charge < -0.3 is 4.42 Å². The molecule has 6 heteroatoms. The standard InChI is InChI=1S/C17H13BrN2O2S/c1-11(15(21)12-6-3-2-4-7-12)23-17-20-19-16(22-17)13-8-5-9-14(18)10-13/h2-11H,1H3/t11-/m0/s1. The molecule has 1 atom stereocenters. The maximum Gasteiger partial charge on any atom is 0.277 e. The van der Waals surface area contributed by atoms with Crippen molar-refractivity contribution in [3.05, 3.63) is 64.6 Å². The molecule has 1 aromatic heterocycles. The van der Waals surface area contributed by atoms with Crippen molar-refractivity contribution in [2.45, 2.75) is 17.4 Å². The highest BCUT2D eigenvalue weighted by Crippen LogP contribution is 2.28. The number of ketones is 1. The van der Waals surface area contributed by atoms with E-state index in [4.69, 9.17) is 4.42 Å². The summed E-state index contributed by atoms with van der Waals surface area (Å²) < 4.78 is 6.59. The molecule has 0 amide bonds. The topological polar surface area (TPSA) is 56.0 Å². The van der Waals surface area contributed by atoms with Gasteiger partial charge in [0.15, 0.2) is 5.78 Å². The second-order valence-corrected chi connectivity index (χ2v) is 7.08. The number of halogens is 1. The number of thioether (sulfide) groups is 1. The van der Waals surface area contributed by atoms with E-state index in [9.17, 15) is 4.79 Å². The summed E-state index contributed by atoms with van der Waals surface area (Å²) in [4.78, 5) is 12.4. The summed E-state index contributed by atoms with van der Waals surface area (Å²) in [7, 11) is 0. The van der Waals surface area contributed by atoms with Crippen molar-refractivity contribution in [1.29, 1.82) is 0 Å². The minimum atomic E-state index is -0.298. The Kier molecular flexibility index (Phi) is 4.93. The molecule has 116 valence electrons. The molecule has 0 aliphatic heterocycles. The van der Waals surface area contributed by atoms with Crippen LogP contribution >= 0.6 is 27.7 Å². The fourth-order valence-corrected chi connectivity index (χ4v) is 3.20. The zero-order valence-electron chi connectivity index (χ0n) is 12.3. The molecule has 0 spiro atoms. The van der Waals surface area contributed by atoms with Crippen molar-refractivity contribution >= 4 is 33.5 Å². The van der Waals surface area contributed by atoms with Gasteiger partial charge in [-0.3, -0.25) is 4.79 Å². The Hall–Kier alpha value is -1.92. The zero-order valence-corrected chi connectivity index (χ0v) is 14.7. The van der Waals surface area contributed by atoms with Crippen LogP contribution in [0.25, 0.3) is 11.5 Å². The summed E-state index contributed by atoms with van der Waals surface area (Å²) in [6.07, 6.45) is 0. The first-order valence-electron chi connectivity index (χ1n) is 6.99. The van der Waals surface area contributed by atoms with Gasteiger partial charge in [-0.2, -0.15) is 0 Å². The zero-order chi connectivity index (χ0) is 16.2. The van der Waals surface area contributed by atoms with E-state index in [2.05, 4.69) is 26.1 Å². The van der Waals surface area contributed by atoms with Crippen molar-refractivity contribution < 1.29 is 9.21 Å². The van der Waals surface area contributed by atoms with Gasteiger partial charge in [0, 0.05) is 15.6 Å². The van der Waals surface area contributed by atoms with E-state index in [1.165, 1.54) is 11.8 Å². The highest BCUT2D eigenvalue weighted by molar-refractivity contribution is 9.10. The third kappa shape index (κ3) is 3.89. The SMILES string of the molecule is C[C@H](Sc1nnc(-c2cccc(Br)c2)o1)C(=O)c1ccccc1. The van der Waals surface area contributed by atoms with Gasteiger partial charge in [0.25, 0.3) is 5.22 Å². The lowest BCUT2D eigenvalue weighted by Crippen LogP contribution is -2.13. The molecule has 4 nitrogen and oxygen atoms in total. The first kappa shape index (κ1) is 16.0. The summed E-state index contributed by atoms with van der Waals surface area (Å²) in [5.41, 5.74) is 1.51. The maximum atomic E-state index is 12.4. The van der Waals surface area contributed by atoms with E-state index in [0.717, 1.165) is 10.0 Å². The minimum Gasteiger partial charge on any atom is -0.411 e. The number of carbonyl (C=O) groups excluding carboxylic acids is 1. The highest BCUT2D eigenvalue weighted by atomic mass is 79.9. The van der Waals surface area contributed by atoms with Crippen molar-refractivity contribution in [2.24, 2.45) is 0 Å². The van der Waals surface area contributed by atoms with Crippen molar-refractivity contribution in [3.63, 3.8) is 0 Å². The minimum absolute atomic E-state index is 0.0396. The third-order valence-corrected chi connectivity index (χ3v) is 4.61. The van der Waals surface area contributed by atoms with Gasteiger partial charge in [-0.25, -0.2) is 0 Å². The van der Waals surface area contributed by atoms with Gasteiger partial charge in [0.1, 0.15) is 0 Å². The maximum absolute atomic E-state index is 12.4. The number of carbonyl (C=O) groups is 1. The number of hydrogen-bond donors (Lipinski definition) is 0. The smallest absolute Gasteiger partial charge is 0.277 e. The fraction of sp³-hybridized carbons (Fsp3) is 0.118. The van der Waals surface area contributed by atoms with E-state index in [1.54, 1.807) is 12.1 Å². The first-order valence-corrected chi connectivity index (χ1v) is 8.66. The van der Waals surface area contributed by atoms with Crippen LogP contribution in [-0.2, 0) is 0 Å². The Morgan fingerprint density at radius 2 is 1.91 bits per heavy atom. The van der Waals surface area contributed by atoms with E-state index in [-0.39, 0.29) is 11.0 Å². The fourth-order valence-electron chi connectivity index (χ4n) is 2.04. The molecule has 0 saturated carbocycles. The van der Waals surface area contributed by atoms with Gasteiger partial charge in [-0.15, -0.1) is 10.2 Å². The molecule has 0 unspecified atom stereocenters. The van der Waals surface area contributed by atoms with E-state index in [1.807, 2.05) is 49.4 Å². The molecular weight excluding hydrogens is 376 g/mol. The Morgan fingerprint density at radius 3 is 2.65 bits per heavy atom. The van der Waals surface area contributed by atoms with Gasteiger partial charge in [-0.05, 0) is 25.1 Å². The molecule has 0 radical (unpaired) electrons. The lowest BCUT2D eigenvalue weighted by atomic mass is 10.1. The van der Waals surface area contributed by atoms with Crippen LogP contribution < -0.4 is 0 Å². The van der Waals surface area contributed by atoms with Gasteiger partial charge in [0.05, 0.1) is 5.25 Å². The molecule has 2 aromatic carbocycles. The molecule has 3 rings (SSSR count). The summed E-state index contributed by atoms with van der Waals surface area (Å²) in [6, 6.07) is 16.8. The lowest BCUT2D eigenvalue weighted by molar-refractivity contribution is 0.0993. The lowest BCUT2D eigenvalue weighted by Gasteiger charge is -2.06. The Bertz CT molecular complexity index is 820. The summed E-state index contributed by atoms with van der Waals surface area (Å²) >= 11 is 4.68. The summed E-state index contributed by atoms with van der Waals surface area (Å²) in [6.45, 7) is 1.84. The molecule has 3 aromatic rings. The number of Topliss-reactive ketones (excluding diaryl/α,β-unsaturated/α-hetero) is 1. The molecule has 0 fully saturated rings. The number of hydrogen-bond acceptors (Lipinski definition) is 5. The average molecular weight is 389 g/mol. The molecule has 1 heterocycles. The molecule has 0 saturated heterocycles. The highest BCUT2D eigenvalue weighted by Gasteiger charge is 2.19. The second kappa shape index (κ2) is 7.10. The van der Waals surface area contributed by atoms with Crippen LogP contribution in [0.5, 0.6) is 0 Å². The van der Waals surface area contributed by atoms with Crippen molar-refractivity contribution in [3.8, 4) is 11.5 Å². The largest absolute Gasteiger partial charge is 0.411 e. The van der Waals surface area contributed by atoms with Gasteiger partial charge in [0.2, 0.25) is 5.89 Å². The van der Waals surface area contributed by atoms with Crippen LogP contribution in [0.15, 0.2) is 68.7 Å². The Labute approximate surface area is 146 Å². The Morgan fingerprint density at radius 1 is 1.13 bits per heavy atom. The van der Waals surface area contributed by atoms with Gasteiger partial charge >= 0.3 is 0 Å². The predicted octanol–water partition coefficient (Wildman–Crippen LogP) is 4.86. The number of rotatable bonds is 5. The first-order chi connectivity index (χ1) is 11.1.